The predicted octanol–water partition coefficient (Wildman–Crippen LogP) is 3.15. The number of nitrogens with one attached hydrogen (secondary N) is 2. The van der Waals surface area contributed by atoms with Gasteiger partial charge in [-0.25, -0.2) is 4.98 Å². The van der Waals surface area contributed by atoms with Crippen molar-refractivity contribution in [2.24, 2.45) is 4.99 Å². The fourth-order valence-electron chi connectivity index (χ4n) is 3.27. The first-order valence-electron chi connectivity index (χ1n) is 10.6. The van der Waals surface area contributed by atoms with Crippen LogP contribution in [0.25, 0.3) is 0 Å². The van der Waals surface area contributed by atoms with Gasteiger partial charge in [0.2, 0.25) is 0 Å². The summed E-state index contributed by atoms with van der Waals surface area (Å²) in [7, 11) is 0. The zero-order valence-electron chi connectivity index (χ0n) is 17.5. The highest BCUT2D eigenvalue weighted by atomic mass is 16.3. The second-order valence-corrected chi connectivity index (χ2v) is 7.11. The first-order chi connectivity index (χ1) is 14.8. The van der Waals surface area contributed by atoms with Crippen LogP contribution in [0.3, 0.4) is 0 Å². The number of aliphatic hydroxyl groups excluding tert-OH is 1. The van der Waals surface area contributed by atoms with Crippen LogP contribution < -0.4 is 10.6 Å². The van der Waals surface area contributed by atoms with Crippen molar-refractivity contribution in [2.45, 2.75) is 32.4 Å². The Morgan fingerprint density at radius 2 is 1.80 bits per heavy atom. The molecule has 0 radical (unpaired) electrons. The molecule has 0 saturated heterocycles. The lowest BCUT2D eigenvalue weighted by Crippen LogP contribution is -2.38. The van der Waals surface area contributed by atoms with Crippen molar-refractivity contribution in [1.29, 1.82) is 0 Å². The van der Waals surface area contributed by atoms with Crippen molar-refractivity contribution < 1.29 is 5.11 Å². The predicted molar refractivity (Wildman–Crippen MR) is 121 cm³/mol. The third-order valence-corrected chi connectivity index (χ3v) is 4.84. The van der Waals surface area contributed by atoms with Crippen LogP contribution in [0.2, 0.25) is 0 Å². The van der Waals surface area contributed by atoms with E-state index in [2.05, 4.69) is 49.4 Å². The molecule has 3 N–H and O–H groups in total. The van der Waals surface area contributed by atoms with E-state index in [-0.39, 0.29) is 0 Å². The van der Waals surface area contributed by atoms with E-state index >= 15 is 0 Å². The van der Waals surface area contributed by atoms with Gasteiger partial charge in [-0.05, 0) is 24.5 Å². The molecule has 1 aromatic heterocycles. The number of aromatic nitrogens is 2. The zero-order chi connectivity index (χ0) is 21.0. The van der Waals surface area contributed by atoms with Crippen LogP contribution >= 0.6 is 0 Å². The maximum atomic E-state index is 10.3. The Morgan fingerprint density at radius 3 is 2.53 bits per heavy atom. The van der Waals surface area contributed by atoms with Gasteiger partial charge in [-0.1, -0.05) is 60.7 Å². The summed E-state index contributed by atoms with van der Waals surface area (Å²) < 4.78 is 2.18. The van der Waals surface area contributed by atoms with E-state index in [1.165, 1.54) is 5.56 Å². The Hall–Kier alpha value is -3.12. The van der Waals surface area contributed by atoms with Gasteiger partial charge in [-0.3, -0.25) is 4.99 Å². The van der Waals surface area contributed by atoms with Crippen molar-refractivity contribution in [3.8, 4) is 0 Å². The monoisotopic (exact) mass is 405 g/mol. The lowest BCUT2D eigenvalue weighted by molar-refractivity contribution is 0.170. The molecular weight excluding hydrogens is 374 g/mol. The third kappa shape index (κ3) is 6.74. The van der Waals surface area contributed by atoms with E-state index < -0.39 is 6.10 Å². The Morgan fingerprint density at radius 1 is 1.07 bits per heavy atom. The normalized spacial score (nSPS) is 12.5. The molecule has 3 aromatic rings. The van der Waals surface area contributed by atoms with Gasteiger partial charge in [-0.15, -0.1) is 0 Å². The van der Waals surface area contributed by atoms with Crippen molar-refractivity contribution in [3.05, 3.63) is 90.0 Å². The molecule has 0 aliphatic heterocycles. The first kappa shape index (κ1) is 21.6. The molecule has 1 heterocycles. The molecule has 1 atom stereocenters. The maximum Gasteiger partial charge on any atom is 0.191 e. The molecular formula is C24H31N5O. The van der Waals surface area contributed by atoms with Crippen LogP contribution in [0, 0.1) is 0 Å². The minimum Gasteiger partial charge on any atom is -0.388 e. The standard InChI is InChI=1S/C24H31N5O/c1-2-25-24(27-15-13-22(30)21-11-7-4-8-12-21)28-16-14-23-26-17-18-29(23)19-20-9-5-3-6-10-20/h3-12,17-18,22,30H,2,13-16,19H2,1H3,(H2,25,27,28). The summed E-state index contributed by atoms with van der Waals surface area (Å²) in [5.74, 6) is 1.81. The summed E-state index contributed by atoms with van der Waals surface area (Å²) in [6.45, 7) is 4.94. The number of aliphatic hydroxyl groups is 1. The molecule has 158 valence electrons. The van der Waals surface area contributed by atoms with Crippen LogP contribution in [0.5, 0.6) is 0 Å². The number of imidazole rings is 1. The molecule has 1 unspecified atom stereocenters. The summed E-state index contributed by atoms with van der Waals surface area (Å²) in [6.07, 6.45) is 4.76. The van der Waals surface area contributed by atoms with Crippen LogP contribution in [-0.2, 0) is 13.0 Å². The largest absolute Gasteiger partial charge is 0.388 e. The van der Waals surface area contributed by atoms with E-state index in [4.69, 9.17) is 0 Å². The molecule has 0 bridgehead atoms. The molecule has 3 rings (SSSR count). The summed E-state index contributed by atoms with van der Waals surface area (Å²) >= 11 is 0. The minimum atomic E-state index is -0.497. The average molecular weight is 406 g/mol. The Labute approximate surface area is 178 Å². The van der Waals surface area contributed by atoms with E-state index in [0.29, 0.717) is 13.0 Å². The first-order valence-corrected chi connectivity index (χ1v) is 10.6. The Kier molecular flexibility index (Phi) is 8.47. The number of rotatable bonds is 10. The minimum absolute atomic E-state index is 0.497. The zero-order valence-corrected chi connectivity index (χ0v) is 17.5. The average Bonchev–Trinajstić information content (AvgIpc) is 3.22. The molecule has 0 aliphatic carbocycles. The molecule has 6 heteroatoms. The van der Waals surface area contributed by atoms with Gasteiger partial charge in [0.15, 0.2) is 5.96 Å². The van der Waals surface area contributed by atoms with Crippen molar-refractivity contribution >= 4 is 5.96 Å². The lowest BCUT2D eigenvalue weighted by atomic mass is 10.1. The van der Waals surface area contributed by atoms with Crippen LogP contribution in [0.4, 0.5) is 0 Å². The molecule has 0 amide bonds. The highest BCUT2D eigenvalue weighted by molar-refractivity contribution is 5.79. The molecule has 6 nitrogen and oxygen atoms in total. The smallest absolute Gasteiger partial charge is 0.191 e. The Bertz CT molecular complexity index is 892. The topological polar surface area (TPSA) is 74.5 Å². The van der Waals surface area contributed by atoms with Crippen LogP contribution in [-0.4, -0.2) is 40.3 Å². The molecule has 0 aliphatic rings. The number of hydrogen-bond donors (Lipinski definition) is 3. The number of aliphatic imine (C=N–C) groups is 1. The molecule has 2 aromatic carbocycles. The molecule has 0 saturated carbocycles. The summed E-state index contributed by atoms with van der Waals surface area (Å²) in [5.41, 5.74) is 2.19. The molecule has 0 spiro atoms. The number of benzene rings is 2. The Balaban J connectivity index is 1.48. The van der Waals surface area contributed by atoms with Gasteiger partial charge in [-0.2, -0.15) is 0 Å². The van der Waals surface area contributed by atoms with Gasteiger partial charge < -0.3 is 20.3 Å². The van der Waals surface area contributed by atoms with Crippen LogP contribution in [0.1, 0.15) is 36.4 Å². The summed E-state index contributed by atoms with van der Waals surface area (Å²) in [6, 6.07) is 20.1. The van der Waals surface area contributed by atoms with Gasteiger partial charge in [0.1, 0.15) is 5.82 Å². The van der Waals surface area contributed by atoms with Crippen molar-refractivity contribution in [3.63, 3.8) is 0 Å². The lowest BCUT2D eigenvalue weighted by Gasteiger charge is -2.13. The van der Waals surface area contributed by atoms with E-state index in [0.717, 1.165) is 43.4 Å². The quantitative estimate of drug-likeness (QED) is 0.358. The number of guanidine groups is 1. The molecule has 30 heavy (non-hydrogen) atoms. The van der Waals surface area contributed by atoms with E-state index in [1.54, 1.807) is 0 Å². The fraction of sp³-hybridized carbons (Fsp3) is 0.333. The number of hydrogen-bond acceptors (Lipinski definition) is 3. The van der Waals surface area contributed by atoms with Crippen molar-refractivity contribution in [1.82, 2.24) is 20.2 Å². The SMILES string of the molecule is CCNC(=NCCC(O)c1ccccc1)NCCc1nccn1Cc1ccccc1. The van der Waals surface area contributed by atoms with Crippen LogP contribution in [0.15, 0.2) is 78.0 Å². The highest BCUT2D eigenvalue weighted by Crippen LogP contribution is 2.15. The summed E-state index contributed by atoms with van der Waals surface area (Å²) in [4.78, 5) is 9.10. The van der Waals surface area contributed by atoms with Gasteiger partial charge in [0.25, 0.3) is 0 Å². The van der Waals surface area contributed by atoms with Crippen molar-refractivity contribution in [2.75, 3.05) is 19.6 Å². The van der Waals surface area contributed by atoms with Gasteiger partial charge in [0, 0.05) is 45.0 Å². The maximum absolute atomic E-state index is 10.3. The van der Waals surface area contributed by atoms with Gasteiger partial charge in [0.05, 0.1) is 6.10 Å². The second-order valence-electron chi connectivity index (χ2n) is 7.11. The highest BCUT2D eigenvalue weighted by Gasteiger charge is 2.07. The molecule has 0 fully saturated rings. The summed E-state index contributed by atoms with van der Waals surface area (Å²) in [5, 5.41) is 16.9. The second kappa shape index (κ2) is 11.8. The number of nitrogens with zero attached hydrogens (tertiary/aromatic N) is 3. The third-order valence-electron chi connectivity index (χ3n) is 4.84. The van der Waals surface area contributed by atoms with E-state index in [9.17, 15) is 5.11 Å². The van der Waals surface area contributed by atoms with Gasteiger partial charge >= 0.3 is 0 Å². The fourth-order valence-corrected chi connectivity index (χ4v) is 3.27. The van der Waals surface area contributed by atoms with E-state index in [1.807, 2.05) is 55.7 Å².